The van der Waals surface area contributed by atoms with Crippen molar-refractivity contribution in [3.8, 4) is 0 Å². The molecule has 0 radical (unpaired) electrons. The zero-order valence-corrected chi connectivity index (χ0v) is 9.59. The lowest BCUT2D eigenvalue weighted by Gasteiger charge is -2.17. The molecule has 2 aromatic heterocycles. The number of aromatic nitrogens is 3. The summed E-state index contributed by atoms with van der Waals surface area (Å²) in [5.41, 5.74) is 1.27. The van der Waals surface area contributed by atoms with Gasteiger partial charge in [-0.25, -0.2) is 4.98 Å². The van der Waals surface area contributed by atoms with Crippen LogP contribution in [-0.2, 0) is 0 Å². The first-order chi connectivity index (χ1) is 8.22. The van der Waals surface area contributed by atoms with E-state index in [9.17, 15) is 10.2 Å². The van der Waals surface area contributed by atoms with Crippen LogP contribution >= 0.6 is 0 Å². The van der Waals surface area contributed by atoms with Crippen molar-refractivity contribution in [3.63, 3.8) is 0 Å². The number of nitrogens with zero attached hydrogens (tertiary/aromatic N) is 2. The van der Waals surface area contributed by atoms with Crippen LogP contribution in [0.3, 0.4) is 0 Å². The Kier molecular flexibility index (Phi) is 3.68. The molecule has 17 heavy (non-hydrogen) atoms. The van der Waals surface area contributed by atoms with Gasteiger partial charge in [0.15, 0.2) is 5.65 Å². The predicted octanol–water partition coefficient (Wildman–Crippen LogP) is -0.0383. The average Bonchev–Trinajstić information content (AvgIpc) is 2.81. The summed E-state index contributed by atoms with van der Waals surface area (Å²) in [5, 5.41) is 30.1. The molecule has 6 nitrogen and oxygen atoms in total. The van der Waals surface area contributed by atoms with Crippen LogP contribution in [0.25, 0.3) is 11.0 Å². The molecule has 2 unspecified atom stereocenters. The van der Waals surface area contributed by atoms with Crippen LogP contribution in [0.1, 0.15) is 18.1 Å². The molecule has 2 aromatic rings. The Balaban J connectivity index is 2.14. The number of pyridine rings is 1. The van der Waals surface area contributed by atoms with E-state index in [1.54, 1.807) is 25.5 Å². The van der Waals surface area contributed by atoms with Crippen LogP contribution in [0.4, 0.5) is 0 Å². The third-order valence-electron chi connectivity index (χ3n) is 2.71. The van der Waals surface area contributed by atoms with E-state index >= 15 is 0 Å². The van der Waals surface area contributed by atoms with Crippen molar-refractivity contribution in [2.75, 3.05) is 13.6 Å². The van der Waals surface area contributed by atoms with Crippen molar-refractivity contribution in [1.82, 2.24) is 20.5 Å². The maximum Gasteiger partial charge on any atom is 0.155 e. The number of hydrogen-bond acceptors (Lipinski definition) is 5. The van der Waals surface area contributed by atoms with Gasteiger partial charge in [0.1, 0.15) is 6.10 Å². The number of H-pyrrole nitrogens is 1. The summed E-state index contributed by atoms with van der Waals surface area (Å²) in [6.45, 7) is 0.652. The molecular weight excluding hydrogens is 220 g/mol. The van der Waals surface area contributed by atoms with Gasteiger partial charge in [0.25, 0.3) is 0 Å². The molecule has 2 heterocycles. The Labute approximate surface area is 98.7 Å². The van der Waals surface area contributed by atoms with E-state index in [1.807, 2.05) is 0 Å². The smallest absolute Gasteiger partial charge is 0.155 e. The summed E-state index contributed by atoms with van der Waals surface area (Å²) >= 11 is 0. The van der Waals surface area contributed by atoms with E-state index in [4.69, 9.17) is 0 Å². The lowest BCUT2D eigenvalue weighted by Crippen LogP contribution is -2.23. The SMILES string of the molecule is CNCCC(O)C(O)c1cnc2[nH]ncc2c1. The lowest BCUT2D eigenvalue weighted by atomic mass is 10.0. The quantitative estimate of drug-likeness (QED) is 0.584. The highest BCUT2D eigenvalue weighted by atomic mass is 16.3. The molecule has 0 bridgehead atoms. The van der Waals surface area contributed by atoms with E-state index < -0.39 is 12.2 Å². The molecule has 0 fully saturated rings. The van der Waals surface area contributed by atoms with E-state index in [-0.39, 0.29) is 0 Å². The lowest BCUT2D eigenvalue weighted by molar-refractivity contribution is 0.0139. The van der Waals surface area contributed by atoms with Crippen LogP contribution in [0.2, 0.25) is 0 Å². The van der Waals surface area contributed by atoms with E-state index in [1.165, 1.54) is 0 Å². The van der Waals surface area contributed by atoms with Gasteiger partial charge >= 0.3 is 0 Å². The Hall–Kier alpha value is -1.50. The van der Waals surface area contributed by atoms with Crippen molar-refractivity contribution >= 4 is 11.0 Å². The van der Waals surface area contributed by atoms with Gasteiger partial charge < -0.3 is 15.5 Å². The molecule has 2 rings (SSSR count). The molecule has 0 spiro atoms. The van der Waals surface area contributed by atoms with Crippen molar-refractivity contribution in [2.45, 2.75) is 18.6 Å². The summed E-state index contributed by atoms with van der Waals surface area (Å²) in [5.74, 6) is 0. The molecule has 0 aliphatic carbocycles. The molecule has 6 heteroatoms. The zero-order valence-electron chi connectivity index (χ0n) is 9.59. The summed E-state index contributed by atoms with van der Waals surface area (Å²) in [6, 6.07) is 1.78. The van der Waals surface area contributed by atoms with Gasteiger partial charge in [0.2, 0.25) is 0 Å². The number of aliphatic hydroxyl groups is 2. The van der Waals surface area contributed by atoms with Gasteiger partial charge in [-0.15, -0.1) is 0 Å². The van der Waals surface area contributed by atoms with Crippen molar-refractivity contribution in [3.05, 3.63) is 24.0 Å². The second-order valence-corrected chi connectivity index (χ2v) is 3.98. The normalized spacial score (nSPS) is 15.0. The second kappa shape index (κ2) is 5.22. The number of aliphatic hydroxyl groups excluding tert-OH is 2. The maximum atomic E-state index is 9.96. The second-order valence-electron chi connectivity index (χ2n) is 3.98. The molecule has 0 saturated heterocycles. The van der Waals surface area contributed by atoms with E-state index in [2.05, 4.69) is 20.5 Å². The van der Waals surface area contributed by atoms with Crippen LogP contribution in [0, 0.1) is 0 Å². The standard InChI is InChI=1S/C11H16N4O2/c1-12-3-2-9(16)10(17)7-4-8-6-14-15-11(8)13-5-7/h4-6,9-10,12,16-17H,2-3H2,1H3,(H,13,14,15). The molecule has 0 saturated carbocycles. The number of aromatic amines is 1. The highest BCUT2D eigenvalue weighted by Crippen LogP contribution is 2.20. The topological polar surface area (TPSA) is 94.1 Å². The van der Waals surface area contributed by atoms with Crippen molar-refractivity contribution in [1.29, 1.82) is 0 Å². The molecule has 0 aromatic carbocycles. The molecule has 0 aliphatic rings. The number of hydrogen-bond donors (Lipinski definition) is 4. The first-order valence-corrected chi connectivity index (χ1v) is 5.52. The minimum atomic E-state index is -0.921. The van der Waals surface area contributed by atoms with Gasteiger partial charge in [-0.1, -0.05) is 0 Å². The third kappa shape index (κ3) is 2.60. The monoisotopic (exact) mass is 236 g/mol. The number of nitrogens with one attached hydrogen (secondary N) is 2. The summed E-state index contributed by atoms with van der Waals surface area (Å²) in [4.78, 5) is 4.12. The van der Waals surface area contributed by atoms with Crippen molar-refractivity contribution < 1.29 is 10.2 Å². The molecule has 0 amide bonds. The summed E-state index contributed by atoms with van der Waals surface area (Å²) in [7, 11) is 1.80. The highest BCUT2D eigenvalue weighted by Gasteiger charge is 2.18. The molecule has 92 valence electrons. The number of fused-ring (bicyclic) bond motifs is 1. The van der Waals surface area contributed by atoms with Crippen LogP contribution in [-0.4, -0.2) is 45.1 Å². The van der Waals surface area contributed by atoms with Crippen LogP contribution in [0.5, 0.6) is 0 Å². The van der Waals surface area contributed by atoms with Gasteiger partial charge in [-0.3, -0.25) is 5.10 Å². The molecule has 0 aliphatic heterocycles. The molecule has 2 atom stereocenters. The van der Waals surface area contributed by atoms with Crippen molar-refractivity contribution in [2.24, 2.45) is 0 Å². The third-order valence-corrected chi connectivity index (χ3v) is 2.71. The fourth-order valence-electron chi connectivity index (χ4n) is 1.69. The highest BCUT2D eigenvalue weighted by molar-refractivity contribution is 5.74. The fraction of sp³-hybridized carbons (Fsp3) is 0.455. The largest absolute Gasteiger partial charge is 0.390 e. The molecule has 4 N–H and O–H groups in total. The van der Waals surface area contributed by atoms with Gasteiger partial charge in [0, 0.05) is 17.1 Å². The van der Waals surface area contributed by atoms with Gasteiger partial charge in [-0.05, 0) is 26.1 Å². The van der Waals surface area contributed by atoms with Crippen LogP contribution < -0.4 is 5.32 Å². The Morgan fingerprint density at radius 1 is 1.41 bits per heavy atom. The minimum absolute atomic E-state index is 0.487. The predicted molar refractivity (Wildman–Crippen MR) is 63.4 cm³/mol. The fourth-order valence-corrected chi connectivity index (χ4v) is 1.69. The summed E-state index contributed by atoms with van der Waals surface area (Å²) in [6.07, 6.45) is 1.96. The zero-order chi connectivity index (χ0) is 12.3. The maximum absolute atomic E-state index is 9.96. The molecular formula is C11H16N4O2. The van der Waals surface area contributed by atoms with Crippen LogP contribution in [0.15, 0.2) is 18.5 Å². The van der Waals surface area contributed by atoms with E-state index in [0.29, 0.717) is 24.2 Å². The Morgan fingerprint density at radius 3 is 3.00 bits per heavy atom. The summed E-state index contributed by atoms with van der Waals surface area (Å²) < 4.78 is 0. The Bertz CT molecular complexity index is 485. The van der Waals surface area contributed by atoms with E-state index in [0.717, 1.165) is 5.39 Å². The first-order valence-electron chi connectivity index (χ1n) is 5.52. The number of rotatable bonds is 5. The first kappa shape index (κ1) is 12.0. The average molecular weight is 236 g/mol. The minimum Gasteiger partial charge on any atom is -0.390 e. The Morgan fingerprint density at radius 2 is 2.24 bits per heavy atom. The van der Waals surface area contributed by atoms with Gasteiger partial charge in [0.05, 0.1) is 12.3 Å². The van der Waals surface area contributed by atoms with Gasteiger partial charge in [-0.2, -0.15) is 5.10 Å².